The van der Waals surface area contributed by atoms with Gasteiger partial charge in [0.15, 0.2) is 0 Å². The van der Waals surface area contributed by atoms with Gasteiger partial charge in [-0.25, -0.2) is 13.1 Å². The molecule has 0 amide bonds. The van der Waals surface area contributed by atoms with Gasteiger partial charge in [-0.2, -0.15) is 0 Å². The summed E-state index contributed by atoms with van der Waals surface area (Å²) in [6.45, 7) is 5.64. The van der Waals surface area contributed by atoms with Crippen LogP contribution in [0.1, 0.15) is 65.2 Å². The fourth-order valence-electron chi connectivity index (χ4n) is 2.14. The first kappa shape index (κ1) is 18.9. The van der Waals surface area contributed by atoms with Crippen LogP contribution in [0.5, 0.6) is 0 Å². The molecule has 0 atom stereocenters. The molecule has 0 spiro atoms. The van der Waals surface area contributed by atoms with E-state index in [0.29, 0.717) is 12.6 Å². The van der Waals surface area contributed by atoms with Crippen LogP contribution in [0, 0.1) is 0 Å². The van der Waals surface area contributed by atoms with Crippen LogP contribution in [0.25, 0.3) is 0 Å². The molecule has 0 saturated carbocycles. The van der Waals surface area contributed by atoms with Crippen LogP contribution in [-0.4, -0.2) is 33.8 Å². The molecular formula is C14H32N2O2S. The molecule has 0 aliphatic heterocycles. The standard InChI is InChI=1S/C14H32N2O2S/c1-4-6-8-10-14(11-9-7-5-2)15-12-13-16-19(3,17)18/h14-16H,4-13H2,1-3H3. The second-order valence-electron chi connectivity index (χ2n) is 5.31. The van der Waals surface area contributed by atoms with Crippen LogP contribution in [0.2, 0.25) is 0 Å². The Morgan fingerprint density at radius 2 is 1.42 bits per heavy atom. The van der Waals surface area contributed by atoms with E-state index in [0.717, 1.165) is 6.54 Å². The Morgan fingerprint density at radius 3 is 1.84 bits per heavy atom. The maximum Gasteiger partial charge on any atom is 0.208 e. The lowest BCUT2D eigenvalue weighted by atomic mass is 10.0. The zero-order valence-corrected chi connectivity index (χ0v) is 13.7. The molecule has 0 aliphatic carbocycles. The van der Waals surface area contributed by atoms with Crippen molar-refractivity contribution in [3.63, 3.8) is 0 Å². The molecule has 4 nitrogen and oxygen atoms in total. The highest BCUT2D eigenvalue weighted by Gasteiger charge is 2.07. The SMILES string of the molecule is CCCCCC(CCCCC)NCCNS(C)(=O)=O. The van der Waals surface area contributed by atoms with Gasteiger partial charge >= 0.3 is 0 Å². The van der Waals surface area contributed by atoms with Gasteiger partial charge in [0, 0.05) is 19.1 Å². The van der Waals surface area contributed by atoms with E-state index >= 15 is 0 Å². The Hall–Kier alpha value is -0.130. The third kappa shape index (κ3) is 14.1. The zero-order chi connectivity index (χ0) is 14.6. The third-order valence-corrected chi connectivity index (χ3v) is 3.96. The number of hydrogen-bond acceptors (Lipinski definition) is 3. The van der Waals surface area contributed by atoms with Crippen molar-refractivity contribution in [3.05, 3.63) is 0 Å². The number of nitrogens with one attached hydrogen (secondary N) is 2. The smallest absolute Gasteiger partial charge is 0.208 e. The number of hydrogen-bond donors (Lipinski definition) is 2. The highest BCUT2D eigenvalue weighted by Crippen LogP contribution is 2.10. The molecule has 0 fully saturated rings. The van der Waals surface area contributed by atoms with Gasteiger partial charge in [0.1, 0.15) is 0 Å². The van der Waals surface area contributed by atoms with Gasteiger partial charge in [-0.3, -0.25) is 0 Å². The first-order valence-corrected chi connectivity index (χ1v) is 9.56. The zero-order valence-electron chi connectivity index (χ0n) is 12.9. The van der Waals surface area contributed by atoms with E-state index in [1.54, 1.807) is 0 Å². The van der Waals surface area contributed by atoms with Crippen LogP contribution in [0.3, 0.4) is 0 Å². The Morgan fingerprint density at radius 1 is 0.895 bits per heavy atom. The molecule has 0 radical (unpaired) electrons. The van der Waals surface area contributed by atoms with Gasteiger partial charge in [-0.05, 0) is 12.8 Å². The highest BCUT2D eigenvalue weighted by atomic mass is 32.2. The average molecular weight is 292 g/mol. The molecule has 0 aromatic carbocycles. The minimum Gasteiger partial charge on any atom is -0.313 e. The second kappa shape index (κ2) is 11.7. The van der Waals surface area contributed by atoms with E-state index in [4.69, 9.17) is 0 Å². The lowest BCUT2D eigenvalue weighted by molar-refractivity contribution is 0.420. The maximum atomic E-state index is 11.0. The molecule has 19 heavy (non-hydrogen) atoms. The van der Waals surface area contributed by atoms with Crippen LogP contribution in [-0.2, 0) is 10.0 Å². The minimum absolute atomic E-state index is 0.483. The van der Waals surface area contributed by atoms with E-state index < -0.39 is 10.0 Å². The summed E-state index contributed by atoms with van der Waals surface area (Å²) in [7, 11) is -3.05. The fourth-order valence-corrected chi connectivity index (χ4v) is 2.62. The predicted octanol–water partition coefficient (Wildman–Crippen LogP) is 2.65. The number of sulfonamides is 1. The Balaban J connectivity index is 3.82. The average Bonchev–Trinajstić information content (AvgIpc) is 2.33. The van der Waals surface area contributed by atoms with Crippen molar-refractivity contribution in [3.8, 4) is 0 Å². The molecule has 0 rings (SSSR count). The highest BCUT2D eigenvalue weighted by molar-refractivity contribution is 7.88. The summed E-state index contributed by atoms with van der Waals surface area (Å²) in [6.07, 6.45) is 11.2. The van der Waals surface area contributed by atoms with Crippen molar-refractivity contribution in [1.82, 2.24) is 10.0 Å². The van der Waals surface area contributed by atoms with Crippen molar-refractivity contribution in [1.29, 1.82) is 0 Å². The maximum absolute atomic E-state index is 11.0. The van der Waals surface area contributed by atoms with Crippen LogP contribution in [0.4, 0.5) is 0 Å². The van der Waals surface area contributed by atoms with E-state index in [2.05, 4.69) is 23.9 Å². The summed E-state index contributed by atoms with van der Waals surface area (Å²) in [4.78, 5) is 0. The lowest BCUT2D eigenvalue weighted by Crippen LogP contribution is -2.36. The molecule has 0 aromatic heterocycles. The van der Waals surface area contributed by atoms with Gasteiger partial charge < -0.3 is 5.32 Å². The molecule has 5 heteroatoms. The second-order valence-corrected chi connectivity index (χ2v) is 7.14. The Labute approximate surface area is 119 Å². The number of unbranched alkanes of at least 4 members (excludes halogenated alkanes) is 4. The topological polar surface area (TPSA) is 58.2 Å². The van der Waals surface area contributed by atoms with Crippen molar-refractivity contribution in [2.24, 2.45) is 0 Å². The van der Waals surface area contributed by atoms with Crippen molar-refractivity contribution >= 4 is 10.0 Å². The number of rotatable bonds is 13. The van der Waals surface area contributed by atoms with Crippen molar-refractivity contribution in [2.45, 2.75) is 71.3 Å². The van der Waals surface area contributed by atoms with Crippen LogP contribution >= 0.6 is 0 Å². The monoisotopic (exact) mass is 292 g/mol. The summed E-state index contributed by atoms with van der Waals surface area (Å²) in [5.41, 5.74) is 0. The largest absolute Gasteiger partial charge is 0.313 e. The normalized spacial score (nSPS) is 12.2. The van der Waals surface area contributed by atoms with E-state index in [9.17, 15) is 8.42 Å². The Kier molecular flexibility index (Phi) is 11.6. The third-order valence-electron chi connectivity index (χ3n) is 3.23. The fraction of sp³-hybridized carbons (Fsp3) is 1.00. The Bertz CT molecular complexity index is 282. The molecule has 0 aromatic rings. The van der Waals surface area contributed by atoms with Crippen LogP contribution in [0.15, 0.2) is 0 Å². The summed E-state index contributed by atoms with van der Waals surface area (Å²) in [5.74, 6) is 0. The lowest BCUT2D eigenvalue weighted by Gasteiger charge is -2.18. The summed E-state index contributed by atoms with van der Waals surface area (Å²) in [6, 6.07) is 0.541. The first-order chi connectivity index (χ1) is 8.99. The van der Waals surface area contributed by atoms with E-state index in [-0.39, 0.29) is 0 Å². The molecule has 0 saturated heterocycles. The first-order valence-electron chi connectivity index (χ1n) is 7.67. The van der Waals surface area contributed by atoms with Gasteiger partial charge in [0.05, 0.1) is 6.26 Å². The summed E-state index contributed by atoms with van der Waals surface area (Å²) >= 11 is 0. The molecular weight excluding hydrogens is 260 g/mol. The molecule has 0 bridgehead atoms. The molecule has 0 aliphatic rings. The van der Waals surface area contributed by atoms with Crippen molar-refractivity contribution < 1.29 is 8.42 Å². The van der Waals surface area contributed by atoms with Gasteiger partial charge in [0.2, 0.25) is 10.0 Å². The quantitative estimate of drug-likeness (QED) is 0.513. The summed E-state index contributed by atoms with van der Waals surface area (Å²) < 4.78 is 24.4. The van der Waals surface area contributed by atoms with Crippen LogP contribution < -0.4 is 10.0 Å². The van der Waals surface area contributed by atoms with Gasteiger partial charge in [-0.15, -0.1) is 0 Å². The van der Waals surface area contributed by atoms with Gasteiger partial charge in [-0.1, -0.05) is 52.4 Å². The molecule has 116 valence electrons. The van der Waals surface area contributed by atoms with E-state index in [1.807, 2.05) is 0 Å². The molecule has 2 N–H and O–H groups in total. The molecule has 0 heterocycles. The van der Waals surface area contributed by atoms with Crippen molar-refractivity contribution in [2.75, 3.05) is 19.3 Å². The molecule has 0 unspecified atom stereocenters. The van der Waals surface area contributed by atoms with Gasteiger partial charge in [0.25, 0.3) is 0 Å². The minimum atomic E-state index is -3.05. The summed E-state index contributed by atoms with van der Waals surface area (Å²) in [5, 5.41) is 3.48. The predicted molar refractivity (Wildman–Crippen MR) is 82.9 cm³/mol. The van der Waals surface area contributed by atoms with E-state index in [1.165, 1.54) is 57.6 Å².